The van der Waals surface area contributed by atoms with Gasteiger partial charge in [-0.2, -0.15) is 13.2 Å². The van der Waals surface area contributed by atoms with Gasteiger partial charge in [0, 0.05) is 11.1 Å². The number of hydrogen-bond acceptors (Lipinski definition) is 3. The third-order valence-corrected chi connectivity index (χ3v) is 2.90. The summed E-state index contributed by atoms with van der Waals surface area (Å²) in [6.45, 7) is 0. The smallest absolute Gasteiger partial charge is 0.339 e. The van der Waals surface area contributed by atoms with Crippen LogP contribution in [0.3, 0.4) is 0 Å². The lowest BCUT2D eigenvalue weighted by Gasteiger charge is -2.11. The molecule has 0 unspecified atom stereocenters. The maximum Gasteiger partial charge on any atom is 0.433 e. The number of benzene rings is 1. The first-order valence-corrected chi connectivity index (χ1v) is 6.23. The number of halogens is 6. The molecule has 0 aliphatic heterocycles. The van der Waals surface area contributed by atoms with Crippen LogP contribution < -0.4 is 5.32 Å². The van der Waals surface area contributed by atoms with Crippen LogP contribution in [0.15, 0.2) is 24.3 Å². The van der Waals surface area contributed by atoms with Crippen LogP contribution in [0.1, 0.15) is 5.69 Å². The van der Waals surface area contributed by atoms with Crippen molar-refractivity contribution < 1.29 is 13.2 Å². The van der Waals surface area contributed by atoms with Gasteiger partial charge < -0.3 is 5.32 Å². The summed E-state index contributed by atoms with van der Waals surface area (Å²) in [6.07, 6.45) is -4.62. The SMILES string of the molecule is FC(F)(F)c1cc(Nc2ccc(Cl)cc2Cl)nc(Cl)n1. The number of alkyl halides is 3. The Hall–Kier alpha value is -1.24. The Morgan fingerprint density at radius 1 is 1.00 bits per heavy atom. The fraction of sp³-hybridized carbons (Fsp3) is 0.0909. The molecular formula is C11H5Cl3F3N3. The largest absolute Gasteiger partial charge is 0.433 e. The van der Waals surface area contributed by atoms with Gasteiger partial charge in [0.25, 0.3) is 0 Å². The Morgan fingerprint density at radius 2 is 1.70 bits per heavy atom. The van der Waals surface area contributed by atoms with Crippen LogP contribution in [0, 0.1) is 0 Å². The maximum absolute atomic E-state index is 12.6. The predicted octanol–water partition coefficient (Wildman–Crippen LogP) is 5.20. The standard InChI is InChI=1S/C11H5Cl3F3N3/c12-5-1-2-7(6(13)3-5)18-9-4-8(11(15,16)17)19-10(14)20-9/h1-4H,(H,18,19,20). The Balaban J connectivity index is 2.36. The zero-order chi connectivity index (χ0) is 14.9. The third kappa shape index (κ3) is 3.65. The summed E-state index contributed by atoms with van der Waals surface area (Å²) in [5.41, 5.74) is -0.802. The Morgan fingerprint density at radius 3 is 2.30 bits per heavy atom. The van der Waals surface area contributed by atoms with Crippen LogP contribution in [-0.4, -0.2) is 9.97 Å². The molecule has 0 radical (unpaired) electrons. The van der Waals surface area contributed by atoms with Crippen LogP contribution in [0.2, 0.25) is 15.3 Å². The quantitative estimate of drug-likeness (QED) is 0.762. The van der Waals surface area contributed by atoms with Gasteiger partial charge in [0.05, 0.1) is 10.7 Å². The van der Waals surface area contributed by atoms with E-state index in [-0.39, 0.29) is 10.8 Å². The van der Waals surface area contributed by atoms with Crippen molar-refractivity contribution in [2.45, 2.75) is 6.18 Å². The number of rotatable bonds is 2. The zero-order valence-corrected chi connectivity index (χ0v) is 11.7. The van der Waals surface area contributed by atoms with Gasteiger partial charge in [-0.05, 0) is 29.8 Å². The molecule has 0 aliphatic carbocycles. The molecule has 0 spiro atoms. The molecule has 0 atom stereocenters. The average Bonchev–Trinajstić information content (AvgIpc) is 2.31. The van der Waals surface area contributed by atoms with Crippen molar-refractivity contribution >= 4 is 46.3 Å². The molecule has 0 saturated heterocycles. The van der Waals surface area contributed by atoms with E-state index in [1.54, 1.807) is 0 Å². The topological polar surface area (TPSA) is 37.8 Å². The lowest BCUT2D eigenvalue weighted by atomic mass is 10.3. The van der Waals surface area contributed by atoms with Gasteiger partial charge in [-0.1, -0.05) is 23.2 Å². The molecule has 1 heterocycles. The summed E-state index contributed by atoms with van der Waals surface area (Å²) in [5, 5.41) is 2.74. The van der Waals surface area contributed by atoms with E-state index in [0.29, 0.717) is 10.7 Å². The van der Waals surface area contributed by atoms with Gasteiger partial charge in [0.1, 0.15) is 5.82 Å². The second kappa shape index (κ2) is 5.63. The average molecular weight is 343 g/mol. The minimum Gasteiger partial charge on any atom is -0.339 e. The number of nitrogens with one attached hydrogen (secondary N) is 1. The van der Waals surface area contributed by atoms with Crippen molar-refractivity contribution in [3.8, 4) is 0 Å². The zero-order valence-electron chi connectivity index (χ0n) is 9.47. The third-order valence-electron chi connectivity index (χ3n) is 2.18. The number of hydrogen-bond donors (Lipinski definition) is 1. The van der Waals surface area contributed by atoms with Crippen molar-refractivity contribution in [2.24, 2.45) is 0 Å². The molecule has 0 fully saturated rings. The highest BCUT2D eigenvalue weighted by molar-refractivity contribution is 6.36. The van der Waals surface area contributed by atoms with Crippen LogP contribution in [0.5, 0.6) is 0 Å². The minimum atomic E-state index is -4.62. The van der Waals surface area contributed by atoms with Gasteiger partial charge in [0.15, 0.2) is 5.69 Å². The first-order chi connectivity index (χ1) is 9.25. The summed E-state index contributed by atoms with van der Waals surface area (Å²) >= 11 is 17.1. The second-order valence-corrected chi connectivity index (χ2v) is 4.84. The molecule has 1 aromatic carbocycles. The van der Waals surface area contributed by atoms with E-state index in [2.05, 4.69) is 15.3 Å². The Labute approximate surface area is 126 Å². The molecule has 2 rings (SSSR count). The number of aromatic nitrogens is 2. The second-order valence-electron chi connectivity index (χ2n) is 3.65. The van der Waals surface area contributed by atoms with Crippen LogP contribution >= 0.6 is 34.8 Å². The molecular weight excluding hydrogens is 337 g/mol. The van der Waals surface area contributed by atoms with Crippen molar-refractivity contribution in [1.82, 2.24) is 9.97 Å². The first-order valence-electron chi connectivity index (χ1n) is 5.09. The van der Waals surface area contributed by atoms with Gasteiger partial charge in [-0.15, -0.1) is 0 Å². The van der Waals surface area contributed by atoms with Crippen molar-refractivity contribution in [3.05, 3.63) is 45.3 Å². The van der Waals surface area contributed by atoms with Crippen LogP contribution in [-0.2, 0) is 6.18 Å². The van der Waals surface area contributed by atoms with E-state index in [4.69, 9.17) is 34.8 Å². The van der Waals surface area contributed by atoms with Crippen LogP contribution in [0.25, 0.3) is 0 Å². The fourth-order valence-electron chi connectivity index (χ4n) is 1.36. The Bertz CT molecular complexity index is 647. The normalized spacial score (nSPS) is 11.5. The van der Waals surface area contributed by atoms with Gasteiger partial charge >= 0.3 is 6.18 Å². The summed E-state index contributed by atoms with van der Waals surface area (Å²) in [4.78, 5) is 6.78. The number of nitrogens with zero attached hydrogens (tertiary/aromatic N) is 2. The molecule has 0 bridgehead atoms. The van der Waals surface area contributed by atoms with Crippen molar-refractivity contribution in [2.75, 3.05) is 5.32 Å². The highest BCUT2D eigenvalue weighted by Gasteiger charge is 2.33. The molecule has 1 aromatic heterocycles. The fourth-order valence-corrected chi connectivity index (χ4v) is 1.99. The monoisotopic (exact) mass is 341 g/mol. The molecule has 0 aliphatic rings. The first kappa shape index (κ1) is 15.2. The van der Waals surface area contributed by atoms with E-state index in [1.807, 2.05) is 0 Å². The summed E-state index contributed by atoms with van der Waals surface area (Å²) in [5.74, 6) is -0.124. The van der Waals surface area contributed by atoms with Gasteiger partial charge in [-0.25, -0.2) is 9.97 Å². The molecule has 1 N–H and O–H groups in total. The van der Waals surface area contributed by atoms with Gasteiger partial charge in [0.2, 0.25) is 5.28 Å². The lowest BCUT2D eigenvalue weighted by Crippen LogP contribution is -2.10. The highest BCUT2D eigenvalue weighted by Crippen LogP contribution is 2.32. The summed E-state index contributed by atoms with van der Waals surface area (Å²) in [6, 6.07) is 5.22. The van der Waals surface area contributed by atoms with Crippen molar-refractivity contribution in [1.29, 1.82) is 0 Å². The minimum absolute atomic E-state index is 0.124. The highest BCUT2D eigenvalue weighted by atomic mass is 35.5. The number of anilines is 2. The molecule has 3 nitrogen and oxygen atoms in total. The predicted molar refractivity (Wildman–Crippen MR) is 71.8 cm³/mol. The van der Waals surface area contributed by atoms with E-state index < -0.39 is 17.2 Å². The molecule has 20 heavy (non-hydrogen) atoms. The maximum atomic E-state index is 12.6. The Kier molecular flexibility index (Phi) is 4.27. The lowest BCUT2D eigenvalue weighted by molar-refractivity contribution is -0.141. The van der Waals surface area contributed by atoms with E-state index in [1.165, 1.54) is 18.2 Å². The van der Waals surface area contributed by atoms with Gasteiger partial charge in [-0.3, -0.25) is 0 Å². The summed E-state index contributed by atoms with van der Waals surface area (Å²) in [7, 11) is 0. The van der Waals surface area contributed by atoms with E-state index in [0.717, 1.165) is 6.07 Å². The van der Waals surface area contributed by atoms with Crippen LogP contribution in [0.4, 0.5) is 24.7 Å². The summed E-state index contributed by atoms with van der Waals surface area (Å²) < 4.78 is 37.8. The molecule has 0 saturated carbocycles. The van der Waals surface area contributed by atoms with E-state index >= 15 is 0 Å². The molecule has 106 valence electrons. The van der Waals surface area contributed by atoms with E-state index in [9.17, 15) is 13.2 Å². The molecule has 9 heteroatoms. The molecule has 0 amide bonds. The molecule has 2 aromatic rings. The van der Waals surface area contributed by atoms with Crippen molar-refractivity contribution in [3.63, 3.8) is 0 Å².